The van der Waals surface area contributed by atoms with Gasteiger partial charge in [-0.05, 0) is 57.0 Å². The third kappa shape index (κ3) is 4.87. The fourth-order valence-electron chi connectivity index (χ4n) is 3.65. The van der Waals surface area contributed by atoms with Crippen molar-refractivity contribution in [1.29, 1.82) is 5.26 Å². The lowest BCUT2D eigenvalue weighted by atomic mass is 9.93. The van der Waals surface area contributed by atoms with E-state index in [1.54, 1.807) is 6.07 Å². The number of pyridine rings is 1. The van der Waals surface area contributed by atoms with Crippen LogP contribution in [0.3, 0.4) is 0 Å². The molecule has 0 saturated heterocycles. The van der Waals surface area contributed by atoms with Crippen molar-refractivity contribution < 1.29 is 8.73 Å². The molecule has 1 N–H and O–H groups in total. The molecule has 0 amide bonds. The van der Waals surface area contributed by atoms with Crippen molar-refractivity contribution in [3.05, 3.63) is 83.2 Å². The zero-order valence-corrected chi connectivity index (χ0v) is 19.9. The zero-order chi connectivity index (χ0) is 23.6. The maximum atomic E-state index is 13.1. The third-order valence-electron chi connectivity index (χ3n) is 5.49. The summed E-state index contributed by atoms with van der Waals surface area (Å²) in [5.41, 5.74) is 5.43. The number of nitrogens with zero attached hydrogens (tertiary/aromatic N) is 3. The topological polar surface area (TPSA) is 91.8 Å². The van der Waals surface area contributed by atoms with Gasteiger partial charge in [0, 0.05) is 23.1 Å². The molecule has 0 spiro atoms. The minimum atomic E-state index is -1.32. The molecule has 33 heavy (non-hydrogen) atoms. The Balaban J connectivity index is 1.83. The number of hydrogen-bond donors (Lipinski definition) is 1. The molecular weight excluding hydrogens is 432 g/mol. The zero-order valence-electron chi connectivity index (χ0n) is 19.1. The molecule has 2 heterocycles. The molecule has 0 aliphatic carbocycles. The van der Waals surface area contributed by atoms with Crippen LogP contribution in [0.2, 0.25) is 0 Å². The van der Waals surface area contributed by atoms with Gasteiger partial charge >= 0.3 is 0 Å². The van der Waals surface area contributed by atoms with Gasteiger partial charge in [-0.25, -0.2) is 13.9 Å². The molecule has 0 bridgehead atoms. The van der Waals surface area contributed by atoms with Crippen LogP contribution in [0.4, 0.5) is 0 Å². The van der Waals surface area contributed by atoms with Crippen LogP contribution in [0.25, 0.3) is 22.2 Å². The average molecular weight is 459 g/mol. The summed E-state index contributed by atoms with van der Waals surface area (Å²) in [7, 11) is -1.32. The number of hydrogen-bond acceptors (Lipinski definition) is 5. The summed E-state index contributed by atoms with van der Waals surface area (Å²) in [5.74, 6) is 0. The SMILES string of the molecule is Cc1ccc(C#N)nc1C[C@H](N[S@@](=O)C(C)(C)C)c1ccccc1-c1noc2ccccc12. The summed E-state index contributed by atoms with van der Waals surface area (Å²) in [4.78, 5) is 4.53. The van der Waals surface area contributed by atoms with E-state index in [9.17, 15) is 9.47 Å². The molecule has 4 aromatic rings. The van der Waals surface area contributed by atoms with Crippen molar-refractivity contribution in [2.75, 3.05) is 0 Å². The Morgan fingerprint density at radius 3 is 2.58 bits per heavy atom. The summed E-state index contributed by atoms with van der Waals surface area (Å²) < 4.78 is 21.6. The third-order valence-corrected chi connectivity index (χ3v) is 7.10. The molecule has 168 valence electrons. The predicted octanol–water partition coefficient (Wildman–Crippen LogP) is 5.41. The minimum absolute atomic E-state index is 0.322. The number of nitrogens with one attached hydrogen (secondary N) is 1. The first kappa shape index (κ1) is 22.8. The van der Waals surface area contributed by atoms with Gasteiger partial charge < -0.3 is 4.52 Å². The summed E-state index contributed by atoms with van der Waals surface area (Å²) in [6.07, 6.45) is 0.468. The van der Waals surface area contributed by atoms with E-state index in [-0.39, 0.29) is 6.04 Å². The number of rotatable bonds is 6. The highest BCUT2D eigenvalue weighted by Crippen LogP contribution is 2.34. The summed E-state index contributed by atoms with van der Waals surface area (Å²) in [6, 6.07) is 21.1. The smallest absolute Gasteiger partial charge is 0.167 e. The van der Waals surface area contributed by atoms with E-state index in [2.05, 4.69) is 20.9 Å². The molecule has 0 fully saturated rings. The second kappa shape index (κ2) is 9.26. The van der Waals surface area contributed by atoms with Gasteiger partial charge in [0.05, 0.1) is 21.8 Å². The van der Waals surface area contributed by atoms with Crippen molar-refractivity contribution in [2.45, 2.75) is 44.9 Å². The average Bonchev–Trinajstić information content (AvgIpc) is 3.23. The molecule has 0 aliphatic heterocycles. The molecule has 0 radical (unpaired) electrons. The first-order valence-corrected chi connectivity index (χ1v) is 11.9. The van der Waals surface area contributed by atoms with Crippen LogP contribution in [0.1, 0.15) is 49.3 Å². The Kier molecular flexibility index (Phi) is 6.41. The number of aryl methyl sites for hydroxylation is 1. The lowest BCUT2D eigenvalue weighted by Crippen LogP contribution is -2.37. The van der Waals surface area contributed by atoms with E-state index in [0.29, 0.717) is 17.7 Å². The number of fused-ring (bicyclic) bond motifs is 1. The fraction of sp³-hybridized carbons (Fsp3) is 0.269. The van der Waals surface area contributed by atoms with Crippen LogP contribution in [0.15, 0.2) is 65.2 Å². The number of para-hydroxylation sites is 1. The van der Waals surface area contributed by atoms with E-state index in [4.69, 9.17) is 4.52 Å². The van der Waals surface area contributed by atoms with E-state index < -0.39 is 15.7 Å². The minimum Gasteiger partial charge on any atom is -0.356 e. The van der Waals surface area contributed by atoms with Gasteiger partial charge in [0.25, 0.3) is 0 Å². The van der Waals surface area contributed by atoms with Crippen molar-refractivity contribution in [2.24, 2.45) is 0 Å². The van der Waals surface area contributed by atoms with E-state index in [1.807, 2.05) is 82.3 Å². The van der Waals surface area contributed by atoms with Gasteiger partial charge in [-0.2, -0.15) is 5.26 Å². The van der Waals surface area contributed by atoms with E-state index in [0.717, 1.165) is 33.5 Å². The summed E-state index contributed by atoms with van der Waals surface area (Å²) in [6.45, 7) is 7.77. The van der Waals surface area contributed by atoms with Crippen molar-refractivity contribution in [1.82, 2.24) is 14.9 Å². The van der Waals surface area contributed by atoms with Crippen molar-refractivity contribution >= 4 is 22.0 Å². The predicted molar refractivity (Wildman–Crippen MR) is 131 cm³/mol. The Bertz CT molecular complexity index is 1360. The van der Waals surface area contributed by atoms with Gasteiger partial charge in [-0.3, -0.25) is 0 Å². The molecule has 0 unspecified atom stereocenters. The van der Waals surface area contributed by atoms with Gasteiger partial charge in [-0.1, -0.05) is 47.6 Å². The summed E-state index contributed by atoms with van der Waals surface area (Å²) >= 11 is 0. The highest BCUT2D eigenvalue weighted by atomic mass is 32.2. The first-order chi connectivity index (χ1) is 15.8. The lowest BCUT2D eigenvalue weighted by Gasteiger charge is -2.26. The van der Waals surface area contributed by atoms with Gasteiger partial charge in [0.1, 0.15) is 17.5 Å². The molecule has 7 heteroatoms. The fourth-order valence-corrected chi connectivity index (χ4v) is 4.47. The highest BCUT2D eigenvalue weighted by molar-refractivity contribution is 7.84. The van der Waals surface area contributed by atoms with Crippen molar-refractivity contribution in [3.63, 3.8) is 0 Å². The van der Waals surface area contributed by atoms with Gasteiger partial charge in [0.15, 0.2) is 5.58 Å². The second-order valence-corrected chi connectivity index (χ2v) is 10.9. The van der Waals surface area contributed by atoms with Crippen LogP contribution in [-0.2, 0) is 17.4 Å². The first-order valence-electron chi connectivity index (χ1n) is 10.8. The second-order valence-electron chi connectivity index (χ2n) is 8.94. The van der Waals surface area contributed by atoms with Gasteiger partial charge in [0.2, 0.25) is 0 Å². The molecular formula is C26H26N4O2S. The van der Waals surface area contributed by atoms with Crippen LogP contribution in [-0.4, -0.2) is 19.1 Å². The Hall–Kier alpha value is -3.34. The van der Waals surface area contributed by atoms with Crippen LogP contribution < -0.4 is 4.72 Å². The Morgan fingerprint density at radius 1 is 1.09 bits per heavy atom. The summed E-state index contributed by atoms with van der Waals surface area (Å²) in [5, 5.41) is 14.6. The Morgan fingerprint density at radius 2 is 1.82 bits per heavy atom. The van der Waals surface area contributed by atoms with Crippen molar-refractivity contribution in [3.8, 4) is 17.3 Å². The van der Waals surface area contributed by atoms with Crippen LogP contribution >= 0.6 is 0 Å². The largest absolute Gasteiger partial charge is 0.356 e. The maximum absolute atomic E-state index is 13.1. The van der Waals surface area contributed by atoms with E-state index in [1.165, 1.54) is 0 Å². The number of nitriles is 1. The quantitative estimate of drug-likeness (QED) is 0.417. The normalized spacial score (nSPS) is 13.5. The molecule has 6 nitrogen and oxygen atoms in total. The van der Waals surface area contributed by atoms with Gasteiger partial charge in [-0.15, -0.1) is 0 Å². The number of aromatic nitrogens is 2. The molecule has 0 aliphatic rings. The molecule has 2 atom stereocenters. The van der Waals surface area contributed by atoms with Crippen LogP contribution in [0, 0.1) is 18.3 Å². The molecule has 4 rings (SSSR count). The molecule has 0 saturated carbocycles. The monoisotopic (exact) mass is 458 g/mol. The van der Waals surface area contributed by atoms with Crippen LogP contribution in [0.5, 0.6) is 0 Å². The molecule has 2 aromatic carbocycles. The Labute approximate surface area is 196 Å². The molecule has 2 aromatic heterocycles. The van der Waals surface area contributed by atoms with E-state index >= 15 is 0 Å². The lowest BCUT2D eigenvalue weighted by molar-refractivity contribution is 0.459. The maximum Gasteiger partial charge on any atom is 0.167 e. The standard InChI is InChI=1S/C26H26N4O2S/c1-17-13-14-18(16-27)28-22(17)15-23(30-33(31)26(2,3)4)19-9-5-6-10-20(19)25-21-11-7-8-12-24(21)32-29-25/h5-14,23,30H,15H2,1-4H3/t23-,33-/m0/s1. The highest BCUT2D eigenvalue weighted by Gasteiger charge is 2.27. The number of benzene rings is 2.